The number of carboxylic acids is 1. The predicted molar refractivity (Wildman–Crippen MR) is 114 cm³/mol. The molecule has 156 valence electrons. The Kier molecular flexibility index (Phi) is 5.61. The van der Waals surface area contributed by atoms with Crippen LogP contribution in [0.1, 0.15) is 29.2 Å². The molecule has 0 radical (unpaired) electrons. The number of para-hydroxylation sites is 2. The number of nitrogens with zero attached hydrogens (tertiary/aromatic N) is 2. The van der Waals surface area contributed by atoms with Gasteiger partial charge in [0.05, 0.1) is 28.8 Å². The van der Waals surface area contributed by atoms with Crippen LogP contribution >= 0.6 is 11.6 Å². The third-order valence-electron chi connectivity index (χ3n) is 5.40. The lowest BCUT2D eigenvalue weighted by atomic mass is 10.0. The number of imidazole rings is 1. The third kappa shape index (κ3) is 4.10. The summed E-state index contributed by atoms with van der Waals surface area (Å²) in [6, 6.07) is 12.0. The summed E-state index contributed by atoms with van der Waals surface area (Å²) < 4.78 is 1.81. The van der Waals surface area contributed by atoms with E-state index in [1.54, 1.807) is 4.57 Å². The number of hydrogen-bond donors (Lipinski definition) is 3. The standard InChI is InChI=1S/C21H21ClN4O4/c22-13-5-6-16(15(11-13)20(28)29)23-19(27)12-25-9-7-14(8-10-25)26-18-4-2-1-3-17(18)24-21(26)30/h1-6,11,14H,7-10,12H2,(H,23,27)(H,24,30)(H,28,29). The number of piperidine rings is 1. The van der Waals surface area contributed by atoms with Crippen LogP contribution < -0.4 is 11.0 Å². The van der Waals surface area contributed by atoms with Crippen LogP contribution in [-0.2, 0) is 4.79 Å². The van der Waals surface area contributed by atoms with E-state index in [9.17, 15) is 19.5 Å². The molecule has 1 aromatic heterocycles. The van der Waals surface area contributed by atoms with Crippen LogP contribution in [0.25, 0.3) is 11.0 Å². The quantitative estimate of drug-likeness (QED) is 0.579. The lowest BCUT2D eigenvalue weighted by molar-refractivity contribution is -0.117. The molecule has 0 atom stereocenters. The Morgan fingerprint density at radius 2 is 1.90 bits per heavy atom. The third-order valence-corrected chi connectivity index (χ3v) is 5.63. The molecule has 0 bridgehead atoms. The lowest BCUT2D eigenvalue weighted by Crippen LogP contribution is -2.41. The number of fused-ring (bicyclic) bond motifs is 1. The van der Waals surface area contributed by atoms with Crippen molar-refractivity contribution in [3.8, 4) is 0 Å². The second-order valence-electron chi connectivity index (χ2n) is 7.37. The smallest absolute Gasteiger partial charge is 0.337 e. The first-order valence-corrected chi connectivity index (χ1v) is 10.0. The van der Waals surface area contributed by atoms with E-state index in [0.717, 1.165) is 23.9 Å². The molecule has 8 nitrogen and oxygen atoms in total. The Labute approximate surface area is 177 Å². The first kappa shape index (κ1) is 20.2. The van der Waals surface area contributed by atoms with Gasteiger partial charge in [0.2, 0.25) is 5.91 Å². The average molecular weight is 429 g/mol. The SMILES string of the molecule is O=C(CN1CCC(n2c(=O)[nH]c3ccccc32)CC1)Nc1ccc(Cl)cc1C(=O)O. The van der Waals surface area contributed by atoms with Gasteiger partial charge in [-0.25, -0.2) is 9.59 Å². The van der Waals surface area contributed by atoms with Crippen LogP contribution in [-0.4, -0.2) is 51.1 Å². The number of hydrogen-bond acceptors (Lipinski definition) is 4. The molecule has 3 N–H and O–H groups in total. The molecule has 1 amide bonds. The van der Waals surface area contributed by atoms with Crippen molar-refractivity contribution >= 4 is 40.2 Å². The molecule has 1 fully saturated rings. The molecule has 3 aromatic rings. The first-order chi connectivity index (χ1) is 14.4. The number of aromatic amines is 1. The fourth-order valence-electron chi connectivity index (χ4n) is 3.97. The van der Waals surface area contributed by atoms with E-state index in [0.29, 0.717) is 18.1 Å². The van der Waals surface area contributed by atoms with Gasteiger partial charge in [-0.05, 0) is 43.2 Å². The molecule has 1 aliphatic heterocycles. The van der Waals surface area contributed by atoms with Gasteiger partial charge in [-0.15, -0.1) is 0 Å². The number of rotatable bonds is 5. The van der Waals surface area contributed by atoms with Gasteiger partial charge >= 0.3 is 11.7 Å². The summed E-state index contributed by atoms with van der Waals surface area (Å²) in [6.07, 6.45) is 1.49. The molecule has 0 spiro atoms. The molecule has 9 heteroatoms. The van der Waals surface area contributed by atoms with Crippen molar-refractivity contribution in [2.24, 2.45) is 0 Å². The zero-order chi connectivity index (χ0) is 21.3. The molecular weight excluding hydrogens is 408 g/mol. The highest BCUT2D eigenvalue weighted by molar-refractivity contribution is 6.31. The van der Waals surface area contributed by atoms with E-state index < -0.39 is 5.97 Å². The summed E-state index contributed by atoms with van der Waals surface area (Å²) in [7, 11) is 0. The molecule has 0 unspecified atom stereocenters. The molecule has 0 saturated carbocycles. The van der Waals surface area contributed by atoms with E-state index in [-0.39, 0.29) is 35.4 Å². The maximum absolute atomic E-state index is 12.4. The Morgan fingerprint density at radius 1 is 1.17 bits per heavy atom. The summed E-state index contributed by atoms with van der Waals surface area (Å²) in [4.78, 5) is 41.1. The topological polar surface area (TPSA) is 107 Å². The zero-order valence-electron chi connectivity index (χ0n) is 16.1. The number of carbonyl (C=O) groups is 2. The van der Waals surface area contributed by atoms with Crippen LogP contribution in [0.4, 0.5) is 5.69 Å². The predicted octanol–water partition coefficient (Wildman–Crippen LogP) is 2.96. The summed E-state index contributed by atoms with van der Waals surface area (Å²) in [5.74, 6) is -1.44. The highest BCUT2D eigenvalue weighted by atomic mass is 35.5. The molecule has 2 aromatic carbocycles. The number of carbonyl (C=O) groups excluding carboxylic acids is 1. The van der Waals surface area contributed by atoms with Crippen molar-refractivity contribution < 1.29 is 14.7 Å². The van der Waals surface area contributed by atoms with E-state index in [4.69, 9.17) is 11.6 Å². The number of aromatic carboxylic acids is 1. The number of benzene rings is 2. The highest BCUT2D eigenvalue weighted by Gasteiger charge is 2.25. The van der Waals surface area contributed by atoms with Crippen molar-refractivity contribution in [1.29, 1.82) is 0 Å². The zero-order valence-corrected chi connectivity index (χ0v) is 16.9. The maximum atomic E-state index is 12.4. The highest BCUT2D eigenvalue weighted by Crippen LogP contribution is 2.25. The molecule has 0 aliphatic carbocycles. The first-order valence-electron chi connectivity index (χ1n) is 9.66. The fourth-order valence-corrected chi connectivity index (χ4v) is 4.14. The molecule has 4 rings (SSSR count). The Balaban J connectivity index is 1.38. The van der Waals surface area contributed by atoms with E-state index in [1.165, 1.54) is 18.2 Å². The lowest BCUT2D eigenvalue weighted by Gasteiger charge is -2.32. The number of H-pyrrole nitrogens is 1. The Bertz CT molecular complexity index is 1160. The van der Waals surface area contributed by atoms with E-state index >= 15 is 0 Å². The minimum Gasteiger partial charge on any atom is -0.478 e. The van der Waals surface area contributed by atoms with Crippen LogP contribution in [0.2, 0.25) is 5.02 Å². The van der Waals surface area contributed by atoms with Crippen molar-refractivity contribution in [2.45, 2.75) is 18.9 Å². The van der Waals surface area contributed by atoms with Crippen LogP contribution in [0, 0.1) is 0 Å². The molecule has 30 heavy (non-hydrogen) atoms. The number of anilines is 1. The van der Waals surface area contributed by atoms with Gasteiger partial charge in [-0.2, -0.15) is 0 Å². The normalized spacial score (nSPS) is 15.4. The van der Waals surface area contributed by atoms with E-state index in [2.05, 4.69) is 10.3 Å². The van der Waals surface area contributed by atoms with Gasteiger partial charge in [-0.3, -0.25) is 14.3 Å². The summed E-state index contributed by atoms with van der Waals surface area (Å²) in [5, 5.41) is 12.2. The number of likely N-dealkylation sites (tertiary alicyclic amines) is 1. The van der Waals surface area contributed by atoms with Crippen molar-refractivity contribution in [3.63, 3.8) is 0 Å². The second-order valence-corrected chi connectivity index (χ2v) is 7.80. The largest absolute Gasteiger partial charge is 0.478 e. The molecule has 2 heterocycles. The number of amides is 1. The van der Waals surface area contributed by atoms with Crippen LogP contribution in [0.15, 0.2) is 47.3 Å². The summed E-state index contributed by atoms with van der Waals surface area (Å²) in [5.41, 5.74) is 1.77. The van der Waals surface area contributed by atoms with Gasteiger partial charge in [0.15, 0.2) is 0 Å². The molecular formula is C21H21ClN4O4. The van der Waals surface area contributed by atoms with Gasteiger partial charge < -0.3 is 15.4 Å². The molecule has 1 aliphatic rings. The second kappa shape index (κ2) is 8.33. The Morgan fingerprint density at radius 3 is 2.63 bits per heavy atom. The molecule has 1 saturated heterocycles. The van der Waals surface area contributed by atoms with Gasteiger partial charge in [0, 0.05) is 24.2 Å². The average Bonchev–Trinajstić information content (AvgIpc) is 3.05. The summed E-state index contributed by atoms with van der Waals surface area (Å²) >= 11 is 5.85. The van der Waals surface area contributed by atoms with Gasteiger partial charge in [0.25, 0.3) is 0 Å². The Hall–Kier alpha value is -3.10. The number of carboxylic acid groups (broad SMARTS) is 1. The van der Waals surface area contributed by atoms with Gasteiger partial charge in [-0.1, -0.05) is 23.7 Å². The van der Waals surface area contributed by atoms with Crippen molar-refractivity contribution in [1.82, 2.24) is 14.5 Å². The van der Waals surface area contributed by atoms with Crippen LogP contribution in [0.3, 0.4) is 0 Å². The number of halogens is 1. The minimum absolute atomic E-state index is 0.0479. The maximum Gasteiger partial charge on any atom is 0.337 e. The van der Waals surface area contributed by atoms with Crippen LogP contribution in [0.5, 0.6) is 0 Å². The number of nitrogens with one attached hydrogen (secondary N) is 2. The minimum atomic E-state index is -1.15. The van der Waals surface area contributed by atoms with Crippen molar-refractivity contribution in [2.75, 3.05) is 25.0 Å². The van der Waals surface area contributed by atoms with Crippen molar-refractivity contribution in [3.05, 3.63) is 63.5 Å². The number of aromatic nitrogens is 2. The fraction of sp³-hybridized carbons (Fsp3) is 0.286. The van der Waals surface area contributed by atoms with E-state index in [1.807, 2.05) is 29.2 Å². The van der Waals surface area contributed by atoms with Gasteiger partial charge in [0.1, 0.15) is 0 Å². The monoisotopic (exact) mass is 428 g/mol. The summed E-state index contributed by atoms with van der Waals surface area (Å²) in [6.45, 7) is 1.48.